The number of carbonyl (C=O) groups is 1. The minimum atomic E-state index is -4.13. The van der Waals surface area contributed by atoms with Gasteiger partial charge >= 0.3 is 0 Å². The van der Waals surface area contributed by atoms with Gasteiger partial charge in [-0.25, -0.2) is 16.8 Å². The van der Waals surface area contributed by atoms with Gasteiger partial charge in [-0.15, -0.1) is 0 Å². The first-order valence-corrected chi connectivity index (χ1v) is 16.4. The van der Waals surface area contributed by atoms with Crippen molar-refractivity contribution >= 4 is 37.3 Å². The summed E-state index contributed by atoms with van der Waals surface area (Å²) in [6.45, 7) is 2.53. The number of nitrogens with one attached hydrogen (secondary N) is 1. The van der Waals surface area contributed by atoms with E-state index in [9.17, 15) is 21.6 Å². The van der Waals surface area contributed by atoms with E-state index in [4.69, 9.17) is 9.47 Å². The van der Waals surface area contributed by atoms with E-state index in [1.807, 2.05) is 25.1 Å². The summed E-state index contributed by atoms with van der Waals surface area (Å²) in [6.07, 6.45) is 0. The number of sulfonamides is 2. The zero-order chi connectivity index (χ0) is 30.5. The number of amides is 1. The Bertz CT molecular complexity index is 1760. The van der Waals surface area contributed by atoms with E-state index in [1.54, 1.807) is 48.5 Å². The summed E-state index contributed by atoms with van der Waals surface area (Å²) in [6, 6.07) is 27.7. The Morgan fingerprint density at radius 3 is 2.00 bits per heavy atom. The molecule has 5 rings (SSSR count). The maximum absolute atomic E-state index is 13.7. The number of rotatable bonds is 10. The van der Waals surface area contributed by atoms with Crippen molar-refractivity contribution in [3.8, 4) is 11.5 Å². The van der Waals surface area contributed by atoms with Gasteiger partial charge in [0.2, 0.25) is 15.9 Å². The van der Waals surface area contributed by atoms with E-state index in [0.29, 0.717) is 30.4 Å². The van der Waals surface area contributed by atoms with Crippen molar-refractivity contribution in [2.45, 2.75) is 16.7 Å². The number of morpholine rings is 1. The molecule has 0 bridgehead atoms. The molecule has 1 amide bonds. The Balaban J connectivity index is 1.35. The molecular weight excluding hydrogens is 590 g/mol. The van der Waals surface area contributed by atoms with Gasteiger partial charge in [0.05, 0.1) is 28.7 Å². The van der Waals surface area contributed by atoms with Gasteiger partial charge < -0.3 is 14.8 Å². The quantitative estimate of drug-likeness (QED) is 0.274. The average Bonchev–Trinajstić information content (AvgIpc) is 3.02. The number of carbonyl (C=O) groups excluding carboxylic acids is 1. The van der Waals surface area contributed by atoms with Crippen molar-refractivity contribution in [1.29, 1.82) is 0 Å². The van der Waals surface area contributed by atoms with Crippen molar-refractivity contribution < 1.29 is 31.1 Å². The van der Waals surface area contributed by atoms with E-state index >= 15 is 0 Å². The fraction of sp³-hybridized carbons (Fsp3) is 0.194. The Labute approximate surface area is 251 Å². The molecule has 0 saturated carbocycles. The van der Waals surface area contributed by atoms with Crippen molar-refractivity contribution in [2.24, 2.45) is 0 Å². The van der Waals surface area contributed by atoms with Crippen LogP contribution in [0.3, 0.4) is 0 Å². The monoisotopic (exact) mass is 621 g/mol. The van der Waals surface area contributed by atoms with Crippen LogP contribution < -0.4 is 14.4 Å². The zero-order valence-corrected chi connectivity index (χ0v) is 25.1. The van der Waals surface area contributed by atoms with Crippen LogP contribution in [0.4, 0.5) is 11.4 Å². The van der Waals surface area contributed by atoms with E-state index in [2.05, 4.69) is 5.32 Å². The third kappa shape index (κ3) is 7.23. The highest BCUT2D eigenvalue weighted by Crippen LogP contribution is 2.28. The van der Waals surface area contributed by atoms with Crippen LogP contribution in [0.5, 0.6) is 11.5 Å². The molecule has 4 aromatic carbocycles. The second-order valence-electron chi connectivity index (χ2n) is 9.82. The summed E-state index contributed by atoms with van der Waals surface area (Å²) in [5.41, 5.74) is 1.48. The highest BCUT2D eigenvalue weighted by molar-refractivity contribution is 7.92. The van der Waals surface area contributed by atoms with Gasteiger partial charge in [0.25, 0.3) is 10.0 Å². The lowest BCUT2D eigenvalue weighted by molar-refractivity contribution is -0.114. The van der Waals surface area contributed by atoms with E-state index in [0.717, 1.165) is 9.87 Å². The first kappa shape index (κ1) is 30.2. The highest BCUT2D eigenvalue weighted by Gasteiger charge is 2.28. The van der Waals surface area contributed by atoms with Crippen LogP contribution in [0.15, 0.2) is 113 Å². The largest absolute Gasteiger partial charge is 0.457 e. The first-order chi connectivity index (χ1) is 20.6. The third-order valence-corrected chi connectivity index (χ3v) is 10.4. The molecule has 12 heteroatoms. The third-order valence-electron chi connectivity index (χ3n) is 6.75. The molecule has 4 aromatic rings. The van der Waals surface area contributed by atoms with Crippen molar-refractivity contribution in [3.63, 3.8) is 0 Å². The summed E-state index contributed by atoms with van der Waals surface area (Å²) in [4.78, 5) is 13.3. The Kier molecular flexibility index (Phi) is 9.11. The fourth-order valence-electron chi connectivity index (χ4n) is 4.43. The van der Waals surface area contributed by atoms with E-state index < -0.39 is 32.5 Å². The molecular formula is C31H31N3O7S2. The second-order valence-corrected chi connectivity index (χ2v) is 13.6. The number of hydrogen-bond donors (Lipinski definition) is 1. The Morgan fingerprint density at radius 1 is 0.791 bits per heavy atom. The summed E-state index contributed by atoms with van der Waals surface area (Å²) < 4.78 is 66.8. The molecule has 43 heavy (non-hydrogen) atoms. The fourth-order valence-corrected chi connectivity index (χ4v) is 7.26. The Hall–Kier alpha value is -4.23. The lowest BCUT2D eigenvalue weighted by atomic mass is 10.2. The van der Waals surface area contributed by atoms with Gasteiger partial charge in [0, 0.05) is 18.8 Å². The molecule has 0 aromatic heterocycles. The molecule has 10 nitrogen and oxygen atoms in total. The van der Waals surface area contributed by atoms with Gasteiger partial charge in [-0.05, 0) is 79.7 Å². The molecule has 1 fully saturated rings. The lowest BCUT2D eigenvalue weighted by Gasteiger charge is -2.26. The molecule has 0 spiro atoms. The molecule has 1 N–H and O–H groups in total. The highest BCUT2D eigenvalue weighted by atomic mass is 32.2. The molecule has 1 heterocycles. The molecule has 0 unspecified atom stereocenters. The van der Waals surface area contributed by atoms with Gasteiger partial charge in [-0.1, -0.05) is 35.9 Å². The van der Waals surface area contributed by atoms with Crippen LogP contribution >= 0.6 is 0 Å². The Morgan fingerprint density at radius 2 is 1.37 bits per heavy atom. The van der Waals surface area contributed by atoms with Crippen LogP contribution in [0.25, 0.3) is 0 Å². The van der Waals surface area contributed by atoms with Crippen LogP contribution in [-0.4, -0.2) is 59.9 Å². The predicted molar refractivity (Wildman–Crippen MR) is 163 cm³/mol. The van der Waals surface area contributed by atoms with Crippen molar-refractivity contribution in [2.75, 3.05) is 42.5 Å². The van der Waals surface area contributed by atoms with Crippen molar-refractivity contribution in [1.82, 2.24) is 4.31 Å². The van der Waals surface area contributed by atoms with Crippen LogP contribution in [0, 0.1) is 6.92 Å². The topological polar surface area (TPSA) is 122 Å². The normalized spacial score (nSPS) is 14.2. The number of aryl methyl sites for hydroxylation is 1. The standard InChI is InChI=1S/C31H31N3O7S2/c1-24-7-15-30(16-8-24)43(38,39)34(26-11-13-28(14-12-26)41-27-5-3-2-4-6-27)23-31(35)32-25-9-17-29(18-10-25)42(36,37)33-19-21-40-22-20-33/h2-18H,19-23H2,1H3,(H,32,35). The maximum atomic E-state index is 13.7. The summed E-state index contributed by atoms with van der Waals surface area (Å²) in [7, 11) is -7.83. The molecule has 1 saturated heterocycles. The molecule has 0 aliphatic carbocycles. The lowest BCUT2D eigenvalue weighted by Crippen LogP contribution is -2.40. The number of para-hydroxylation sites is 1. The average molecular weight is 622 g/mol. The minimum Gasteiger partial charge on any atom is -0.457 e. The predicted octanol–water partition coefficient (Wildman–Crippen LogP) is 4.64. The van der Waals surface area contributed by atoms with Crippen molar-refractivity contribution in [3.05, 3.63) is 109 Å². The van der Waals surface area contributed by atoms with Crippen LogP contribution in [-0.2, 0) is 29.6 Å². The molecule has 224 valence electrons. The number of nitrogens with zero attached hydrogens (tertiary/aromatic N) is 2. The molecule has 1 aliphatic rings. The van der Waals surface area contributed by atoms with E-state index in [1.165, 1.54) is 40.7 Å². The van der Waals surface area contributed by atoms with Crippen LogP contribution in [0.1, 0.15) is 5.56 Å². The maximum Gasteiger partial charge on any atom is 0.264 e. The SMILES string of the molecule is Cc1ccc(S(=O)(=O)N(CC(=O)Nc2ccc(S(=O)(=O)N3CCOCC3)cc2)c2ccc(Oc3ccccc3)cc2)cc1. The minimum absolute atomic E-state index is 0.0354. The molecule has 0 atom stereocenters. The smallest absolute Gasteiger partial charge is 0.264 e. The zero-order valence-electron chi connectivity index (χ0n) is 23.4. The van der Waals surface area contributed by atoms with E-state index in [-0.39, 0.29) is 28.6 Å². The molecule has 0 radical (unpaired) electrons. The number of ether oxygens (including phenoxy) is 2. The first-order valence-electron chi connectivity index (χ1n) is 13.5. The number of anilines is 2. The van der Waals surface area contributed by atoms with Gasteiger partial charge in [0.15, 0.2) is 0 Å². The molecule has 1 aliphatic heterocycles. The summed E-state index contributed by atoms with van der Waals surface area (Å²) >= 11 is 0. The second kappa shape index (κ2) is 13.0. The summed E-state index contributed by atoms with van der Waals surface area (Å²) in [5.74, 6) is 0.519. The number of benzene rings is 4. The van der Waals surface area contributed by atoms with Gasteiger partial charge in [-0.2, -0.15) is 4.31 Å². The van der Waals surface area contributed by atoms with Gasteiger partial charge in [0.1, 0.15) is 18.0 Å². The summed E-state index contributed by atoms with van der Waals surface area (Å²) in [5, 5.41) is 2.68. The number of hydrogen-bond acceptors (Lipinski definition) is 7. The van der Waals surface area contributed by atoms with Crippen LogP contribution in [0.2, 0.25) is 0 Å². The van der Waals surface area contributed by atoms with Gasteiger partial charge in [-0.3, -0.25) is 9.10 Å².